The SMILES string of the molecule is CCCc1nccn1C(C)COCC1=C(C(=O)OCC)C(c2ccccc2Cl)C2C(=O)CCCC2=N1. The summed E-state index contributed by atoms with van der Waals surface area (Å²) in [7, 11) is 0. The number of ketones is 1. The number of aliphatic imine (C=N–C) groups is 1. The van der Waals surface area contributed by atoms with E-state index in [1.54, 1.807) is 13.0 Å². The molecule has 0 amide bonds. The third-order valence-corrected chi connectivity index (χ3v) is 7.17. The van der Waals surface area contributed by atoms with Crippen LogP contribution in [-0.2, 0) is 25.5 Å². The minimum Gasteiger partial charge on any atom is -0.463 e. The standard InChI is InChI=1S/C28H34ClN3O4/c1-4-9-24-30-14-15-32(24)18(3)16-35-17-22-27(28(34)36-5-2)25(19-10-6-7-11-20(19)29)26-21(31-22)12-8-13-23(26)33/h6-7,10-11,14-15,18,25-26H,4-5,8-9,12-13,16-17H2,1-3H3. The molecule has 2 aromatic rings. The number of esters is 1. The van der Waals surface area contributed by atoms with E-state index >= 15 is 0 Å². The second-order valence-electron chi connectivity index (χ2n) is 9.35. The average molecular weight is 512 g/mol. The molecule has 1 aromatic carbocycles. The Morgan fingerprint density at radius 3 is 2.78 bits per heavy atom. The van der Waals surface area contributed by atoms with Crippen molar-refractivity contribution in [3.8, 4) is 0 Å². The zero-order chi connectivity index (χ0) is 25.7. The van der Waals surface area contributed by atoms with Crippen molar-refractivity contribution in [3.63, 3.8) is 0 Å². The van der Waals surface area contributed by atoms with Crippen molar-refractivity contribution in [1.82, 2.24) is 9.55 Å². The normalized spacial score (nSPS) is 20.7. The molecule has 1 fully saturated rings. The van der Waals surface area contributed by atoms with Gasteiger partial charge in [-0.3, -0.25) is 9.79 Å². The molecule has 36 heavy (non-hydrogen) atoms. The van der Waals surface area contributed by atoms with E-state index in [1.807, 2.05) is 30.6 Å². The lowest BCUT2D eigenvalue weighted by atomic mass is 9.69. The van der Waals surface area contributed by atoms with Crippen LogP contribution in [0.4, 0.5) is 0 Å². The van der Waals surface area contributed by atoms with Gasteiger partial charge in [-0.25, -0.2) is 9.78 Å². The molecule has 7 nitrogen and oxygen atoms in total. The Morgan fingerprint density at radius 1 is 1.22 bits per heavy atom. The van der Waals surface area contributed by atoms with Gasteiger partial charge < -0.3 is 14.0 Å². The van der Waals surface area contributed by atoms with Crippen LogP contribution in [0.15, 0.2) is 52.9 Å². The second-order valence-corrected chi connectivity index (χ2v) is 9.75. The lowest BCUT2D eigenvalue weighted by Crippen LogP contribution is -2.40. The van der Waals surface area contributed by atoms with E-state index in [4.69, 9.17) is 26.1 Å². The van der Waals surface area contributed by atoms with Gasteiger partial charge in [0.05, 0.1) is 43.1 Å². The first kappa shape index (κ1) is 26.3. The third-order valence-electron chi connectivity index (χ3n) is 6.83. The Morgan fingerprint density at radius 2 is 2.03 bits per heavy atom. The van der Waals surface area contributed by atoms with Crippen molar-refractivity contribution < 1.29 is 19.1 Å². The van der Waals surface area contributed by atoms with E-state index in [0.29, 0.717) is 35.7 Å². The minimum atomic E-state index is -0.543. The largest absolute Gasteiger partial charge is 0.463 e. The highest BCUT2D eigenvalue weighted by molar-refractivity contribution is 6.31. The van der Waals surface area contributed by atoms with Crippen LogP contribution in [0.2, 0.25) is 5.02 Å². The van der Waals surface area contributed by atoms with Gasteiger partial charge in [0.25, 0.3) is 0 Å². The van der Waals surface area contributed by atoms with Crippen LogP contribution in [0.5, 0.6) is 0 Å². The van der Waals surface area contributed by atoms with E-state index in [0.717, 1.165) is 36.4 Å². The number of Topliss-reactive ketones (excluding diaryl/α,β-unsaturated/α-hetero) is 1. The Hall–Kier alpha value is -2.77. The fourth-order valence-electron chi connectivity index (χ4n) is 5.22. The zero-order valence-electron chi connectivity index (χ0n) is 21.2. The summed E-state index contributed by atoms with van der Waals surface area (Å²) in [4.78, 5) is 35.7. The van der Waals surface area contributed by atoms with E-state index in [9.17, 15) is 9.59 Å². The zero-order valence-corrected chi connectivity index (χ0v) is 22.0. The first-order chi connectivity index (χ1) is 17.5. The summed E-state index contributed by atoms with van der Waals surface area (Å²) in [5.74, 6) is -0.415. The van der Waals surface area contributed by atoms with Crippen LogP contribution in [0, 0.1) is 5.92 Å². The number of rotatable bonds is 10. The smallest absolute Gasteiger partial charge is 0.336 e. The number of carbonyl (C=O) groups excluding carboxylic acids is 2. The molecule has 3 unspecified atom stereocenters. The summed E-state index contributed by atoms with van der Waals surface area (Å²) in [6, 6.07) is 7.45. The van der Waals surface area contributed by atoms with E-state index < -0.39 is 17.8 Å². The molecule has 4 rings (SSSR count). The highest BCUT2D eigenvalue weighted by Gasteiger charge is 2.45. The molecule has 0 bridgehead atoms. The predicted molar refractivity (Wildman–Crippen MR) is 139 cm³/mol. The molecule has 2 aliphatic rings. The number of halogens is 1. The fourth-order valence-corrected chi connectivity index (χ4v) is 5.47. The van der Waals surface area contributed by atoms with Gasteiger partial charge in [-0.1, -0.05) is 36.7 Å². The predicted octanol–water partition coefficient (Wildman–Crippen LogP) is 5.49. The van der Waals surface area contributed by atoms with Crippen molar-refractivity contribution >= 4 is 29.1 Å². The first-order valence-corrected chi connectivity index (χ1v) is 13.2. The summed E-state index contributed by atoms with van der Waals surface area (Å²) < 4.78 is 13.7. The number of nitrogens with zero attached hydrogens (tertiary/aromatic N) is 3. The van der Waals surface area contributed by atoms with Gasteiger partial charge in [0.1, 0.15) is 11.6 Å². The number of hydrogen-bond acceptors (Lipinski definition) is 6. The lowest BCUT2D eigenvalue weighted by Gasteiger charge is -2.36. The van der Waals surface area contributed by atoms with Crippen molar-refractivity contribution in [2.45, 2.75) is 64.8 Å². The molecule has 2 heterocycles. The van der Waals surface area contributed by atoms with Gasteiger partial charge in [-0.15, -0.1) is 0 Å². The lowest BCUT2D eigenvalue weighted by molar-refractivity contribution is -0.139. The Kier molecular flexibility index (Phi) is 8.75. The third kappa shape index (κ3) is 5.47. The number of fused-ring (bicyclic) bond motifs is 1. The van der Waals surface area contributed by atoms with E-state index in [1.165, 1.54) is 0 Å². The van der Waals surface area contributed by atoms with Crippen LogP contribution >= 0.6 is 11.6 Å². The maximum atomic E-state index is 13.3. The fraction of sp³-hybridized carbons (Fsp3) is 0.500. The summed E-state index contributed by atoms with van der Waals surface area (Å²) in [6.07, 6.45) is 7.63. The van der Waals surface area contributed by atoms with Gasteiger partial charge in [0, 0.05) is 41.9 Å². The molecule has 1 aliphatic carbocycles. The van der Waals surface area contributed by atoms with Crippen molar-refractivity contribution in [1.29, 1.82) is 0 Å². The Balaban J connectivity index is 1.67. The molecule has 0 saturated heterocycles. The molecular weight excluding hydrogens is 478 g/mol. The molecule has 192 valence electrons. The van der Waals surface area contributed by atoms with Crippen LogP contribution in [0.25, 0.3) is 0 Å². The summed E-state index contributed by atoms with van der Waals surface area (Å²) >= 11 is 6.61. The van der Waals surface area contributed by atoms with Gasteiger partial charge in [0.2, 0.25) is 0 Å². The van der Waals surface area contributed by atoms with Gasteiger partial charge in [-0.2, -0.15) is 0 Å². The Bertz CT molecular complexity index is 1170. The summed E-state index contributed by atoms with van der Waals surface area (Å²) in [6.45, 7) is 6.77. The van der Waals surface area contributed by atoms with Gasteiger partial charge >= 0.3 is 5.97 Å². The van der Waals surface area contributed by atoms with Crippen molar-refractivity contribution in [3.05, 3.63) is 64.3 Å². The molecule has 1 saturated carbocycles. The van der Waals surface area contributed by atoms with Crippen LogP contribution in [0.3, 0.4) is 0 Å². The van der Waals surface area contributed by atoms with E-state index in [-0.39, 0.29) is 25.0 Å². The molecule has 3 atom stereocenters. The number of benzene rings is 1. The highest BCUT2D eigenvalue weighted by atomic mass is 35.5. The van der Waals surface area contributed by atoms with Crippen LogP contribution in [0.1, 0.15) is 69.8 Å². The number of aryl methyl sites for hydroxylation is 1. The molecule has 8 heteroatoms. The molecule has 0 N–H and O–H groups in total. The second kappa shape index (κ2) is 12.0. The molecular formula is C28H34ClN3O4. The summed E-state index contributed by atoms with van der Waals surface area (Å²) in [5.41, 5.74) is 2.43. The van der Waals surface area contributed by atoms with Crippen molar-refractivity contribution in [2.75, 3.05) is 19.8 Å². The number of ether oxygens (including phenoxy) is 2. The number of carbonyl (C=O) groups is 2. The number of aromatic nitrogens is 2. The monoisotopic (exact) mass is 511 g/mol. The molecule has 1 aliphatic heterocycles. The Labute approximate surface area is 217 Å². The number of imidazole rings is 1. The van der Waals surface area contributed by atoms with Crippen molar-refractivity contribution in [2.24, 2.45) is 10.9 Å². The van der Waals surface area contributed by atoms with E-state index in [2.05, 4.69) is 23.4 Å². The van der Waals surface area contributed by atoms with Gasteiger partial charge in [0.15, 0.2) is 0 Å². The van der Waals surface area contributed by atoms with Crippen LogP contribution in [-0.4, -0.2) is 46.8 Å². The summed E-state index contributed by atoms with van der Waals surface area (Å²) in [5, 5.41) is 0.515. The quantitative estimate of drug-likeness (QED) is 0.394. The number of hydrogen-bond donors (Lipinski definition) is 0. The van der Waals surface area contributed by atoms with Crippen LogP contribution < -0.4 is 0 Å². The highest BCUT2D eigenvalue weighted by Crippen LogP contribution is 2.45. The maximum Gasteiger partial charge on any atom is 0.336 e. The average Bonchev–Trinajstić information content (AvgIpc) is 3.32. The molecule has 1 aromatic heterocycles. The topological polar surface area (TPSA) is 82.8 Å². The minimum absolute atomic E-state index is 0.0697. The molecule has 0 radical (unpaired) electrons. The van der Waals surface area contributed by atoms with Gasteiger partial charge in [-0.05, 0) is 44.7 Å². The first-order valence-electron chi connectivity index (χ1n) is 12.8. The molecule has 0 spiro atoms. The maximum absolute atomic E-state index is 13.3.